The van der Waals surface area contributed by atoms with Gasteiger partial charge in [0.1, 0.15) is 11.6 Å². The van der Waals surface area contributed by atoms with E-state index in [2.05, 4.69) is 15.4 Å². The van der Waals surface area contributed by atoms with E-state index in [1.54, 1.807) is 18.2 Å². The van der Waals surface area contributed by atoms with E-state index >= 15 is 0 Å². The summed E-state index contributed by atoms with van der Waals surface area (Å²) < 4.78 is 31.8. The summed E-state index contributed by atoms with van der Waals surface area (Å²) in [6, 6.07) is 7.79. The van der Waals surface area contributed by atoms with Gasteiger partial charge < -0.3 is 15.4 Å². The smallest absolute Gasteiger partial charge is 0.340 e. The second-order valence-corrected chi connectivity index (χ2v) is 5.34. The average Bonchev–Trinajstić information content (AvgIpc) is 2.60. The summed E-state index contributed by atoms with van der Waals surface area (Å²) in [4.78, 5) is 34.8. The summed E-state index contributed by atoms with van der Waals surface area (Å²) in [6.45, 7) is 1.06. The zero-order valence-corrected chi connectivity index (χ0v) is 14.1. The number of hydrogen-bond donors (Lipinski definition) is 2. The van der Waals surface area contributed by atoms with Gasteiger partial charge in [0.2, 0.25) is 5.91 Å². The van der Waals surface area contributed by atoms with Crippen LogP contribution in [0.3, 0.4) is 0 Å². The van der Waals surface area contributed by atoms with Crippen LogP contribution in [0.4, 0.5) is 20.2 Å². The molecule has 0 radical (unpaired) electrons. The predicted octanol–water partition coefficient (Wildman–Crippen LogP) is 3.00. The number of hydrogen-bond acceptors (Lipinski definition) is 5. The Balaban J connectivity index is 2.06. The van der Waals surface area contributed by atoms with Crippen molar-refractivity contribution in [2.45, 2.75) is 6.92 Å². The van der Waals surface area contributed by atoms with Crippen molar-refractivity contribution >= 4 is 29.0 Å². The summed E-state index contributed by atoms with van der Waals surface area (Å²) in [6.07, 6.45) is 0. The van der Waals surface area contributed by atoms with Crippen LogP contribution in [0.15, 0.2) is 36.4 Å². The van der Waals surface area contributed by atoms with E-state index in [0.29, 0.717) is 17.3 Å². The van der Waals surface area contributed by atoms with E-state index in [4.69, 9.17) is 0 Å². The predicted molar refractivity (Wildman–Crippen MR) is 91.3 cm³/mol. The number of amides is 1. The Morgan fingerprint density at radius 3 is 2.46 bits per heavy atom. The minimum atomic E-state index is -1.06. The number of Topliss-reactive ketones (excluding diaryl/α,β-unsaturated/α-hetero) is 1. The molecule has 0 saturated heterocycles. The maximum Gasteiger partial charge on any atom is 0.340 e. The number of ketones is 1. The quantitative estimate of drug-likeness (QED) is 0.610. The number of esters is 1. The molecule has 6 nitrogen and oxygen atoms in total. The molecule has 136 valence electrons. The van der Waals surface area contributed by atoms with Gasteiger partial charge in [0.05, 0.1) is 24.9 Å². The Labute approximate surface area is 148 Å². The first kappa shape index (κ1) is 19.0. The lowest BCUT2D eigenvalue weighted by atomic mass is 10.1. The van der Waals surface area contributed by atoms with Gasteiger partial charge in [-0.1, -0.05) is 12.1 Å². The third-order valence-corrected chi connectivity index (χ3v) is 3.45. The largest absolute Gasteiger partial charge is 0.465 e. The van der Waals surface area contributed by atoms with Crippen LogP contribution in [0.25, 0.3) is 0 Å². The van der Waals surface area contributed by atoms with Crippen LogP contribution in [-0.4, -0.2) is 31.3 Å². The standard InChI is InChI=1S/C18H16F2N2O4/c1-10(23)11-4-3-5-12(6-11)22-17(24)9-21-16-7-13(18(25)26-2)14(19)8-15(16)20/h3-8,21H,9H2,1-2H3,(H,22,24). The molecule has 0 saturated carbocycles. The van der Waals surface area contributed by atoms with Crippen molar-refractivity contribution in [2.24, 2.45) is 0 Å². The number of nitrogens with one attached hydrogen (secondary N) is 2. The van der Waals surface area contributed by atoms with Gasteiger partial charge in [-0.2, -0.15) is 0 Å². The molecule has 0 aliphatic rings. The first-order valence-electron chi connectivity index (χ1n) is 7.54. The molecular formula is C18H16F2N2O4. The molecule has 2 aromatic rings. The van der Waals surface area contributed by atoms with Crippen molar-refractivity contribution in [3.63, 3.8) is 0 Å². The minimum Gasteiger partial charge on any atom is -0.465 e. The molecule has 2 aromatic carbocycles. The summed E-state index contributed by atoms with van der Waals surface area (Å²) in [7, 11) is 1.07. The van der Waals surface area contributed by atoms with Crippen molar-refractivity contribution in [1.29, 1.82) is 0 Å². The Hall–Kier alpha value is -3.29. The summed E-state index contributed by atoms with van der Waals surface area (Å²) in [5, 5.41) is 5.03. The van der Waals surface area contributed by atoms with Crippen LogP contribution in [0.5, 0.6) is 0 Å². The summed E-state index contributed by atoms with van der Waals surface area (Å²) >= 11 is 0. The topological polar surface area (TPSA) is 84.5 Å². The first-order chi connectivity index (χ1) is 12.3. The monoisotopic (exact) mass is 362 g/mol. The van der Waals surface area contributed by atoms with Gasteiger partial charge in [0.25, 0.3) is 0 Å². The molecule has 0 bridgehead atoms. The molecule has 0 fully saturated rings. The van der Waals surface area contributed by atoms with E-state index in [9.17, 15) is 23.2 Å². The lowest BCUT2D eigenvalue weighted by Gasteiger charge is -2.11. The SMILES string of the molecule is COC(=O)c1cc(NCC(=O)Nc2cccc(C(C)=O)c2)c(F)cc1F. The molecule has 0 atom stereocenters. The normalized spacial score (nSPS) is 10.2. The first-order valence-corrected chi connectivity index (χ1v) is 7.54. The second kappa shape index (κ2) is 8.19. The number of rotatable bonds is 6. The molecular weight excluding hydrogens is 346 g/mol. The van der Waals surface area contributed by atoms with Crippen LogP contribution in [0.2, 0.25) is 0 Å². The fourth-order valence-electron chi connectivity index (χ4n) is 2.15. The molecule has 2 rings (SSSR count). The fourth-order valence-corrected chi connectivity index (χ4v) is 2.15. The van der Waals surface area contributed by atoms with Gasteiger partial charge in [0, 0.05) is 17.3 Å². The average molecular weight is 362 g/mol. The molecule has 1 amide bonds. The Bertz CT molecular complexity index is 868. The van der Waals surface area contributed by atoms with E-state index in [0.717, 1.165) is 13.2 Å². The highest BCUT2D eigenvalue weighted by Crippen LogP contribution is 2.20. The van der Waals surface area contributed by atoms with Crippen LogP contribution in [0, 0.1) is 11.6 Å². The van der Waals surface area contributed by atoms with Gasteiger partial charge in [-0.3, -0.25) is 9.59 Å². The Morgan fingerprint density at radius 1 is 1.08 bits per heavy atom. The second-order valence-electron chi connectivity index (χ2n) is 5.34. The van der Waals surface area contributed by atoms with Crippen molar-refractivity contribution in [3.05, 3.63) is 59.2 Å². The lowest BCUT2D eigenvalue weighted by Crippen LogP contribution is -2.22. The molecule has 8 heteroatoms. The van der Waals surface area contributed by atoms with Crippen LogP contribution in [-0.2, 0) is 9.53 Å². The summed E-state index contributed by atoms with van der Waals surface area (Å²) in [5.41, 5.74) is 0.160. The Kier molecular flexibility index (Phi) is 6.00. The highest BCUT2D eigenvalue weighted by Gasteiger charge is 2.17. The fraction of sp³-hybridized carbons (Fsp3) is 0.167. The molecule has 0 aliphatic heterocycles. The highest BCUT2D eigenvalue weighted by atomic mass is 19.1. The molecule has 0 spiro atoms. The van der Waals surface area contributed by atoms with Gasteiger partial charge in [-0.15, -0.1) is 0 Å². The zero-order valence-electron chi connectivity index (χ0n) is 14.1. The number of carbonyl (C=O) groups excluding carboxylic acids is 3. The number of anilines is 2. The maximum absolute atomic E-state index is 13.8. The van der Waals surface area contributed by atoms with E-state index < -0.39 is 29.1 Å². The number of benzene rings is 2. The van der Waals surface area contributed by atoms with Gasteiger partial charge >= 0.3 is 5.97 Å². The molecule has 0 unspecified atom stereocenters. The van der Waals surface area contributed by atoms with Crippen LogP contribution in [0.1, 0.15) is 27.6 Å². The van der Waals surface area contributed by atoms with Crippen molar-refractivity contribution in [1.82, 2.24) is 0 Å². The maximum atomic E-state index is 13.8. The van der Waals surface area contributed by atoms with E-state index in [-0.39, 0.29) is 18.0 Å². The van der Waals surface area contributed by atoms with Crippen LogP contribution >= 0.6 is 0 Å². The number of ether oxygens (including phenoxy) is 1. The third-order valence-electron chi connectivity index (χ3n) is 3.45. The van der Waals surface area contributed by atoms with Gasteiger partial charge in [-0.25, -0.2) is 13.6 Å². The van der Waals surface area contributed by atoms with Crippen molar-refractivity contribution in [2.75, 3.05) is 24.3 Å². The van der Waals surface area contributed by atoms with E-state index in [1.165, 1.54) is 13.0 Å². The van der Waals surface area contributed by atoms with Crippen molar-refractivity contribution < 1.29 is 27.9 Å². The molecule has 0 aromatic heterocycles. The lowest BCUT2D eigenvalue weighted by molar-refractivity contribution is -0.114. The van der Waals surface area contributed by atoms with E-state index in [1.807, 2.05) is 0 Å². The molecule has 0 heterocycles. The van der Waals surface area contributed by atoms with Crippen LogP contribution < -0.4 is 10.6 Å². The highest BCUT2D eigenvalue weighted by molar-refractivity contribution is 5.98. The third kappa shape index (κ3) is 4.62. The number of halogens is 2. The van der Waals surface area contributed by atoms with Gasteiger partial charge in [-0.05, 0) is 25.1 Å². The Morgan fingerprint density at radius 2 is 1.81 bits per heavy atom. The number of carbonyl (C=O) groups is 3. The van der Waals surface area contributed by atoms with Crippen molar-refractivity contribution in [3.8, 4) is 0 Å². The summed E-state index contributed by atoms with van der Waals surface area (Å²) in [5.74, 6) is -3.65. The van der Waals surface area contributed by atoms with Gasteiger partial charge in [0.15, 0.2) is 5.78 Å². The molecule has 2 N–H and O–H groups in total. The molecule has 26 heavy (non-hydrogen) atoms. The minimum absolute atomic E-state index is 0.150. The number of methoxy groups -OCH3 is 1. The molecule has 0 aliphatic carbocycles. The zero-order chi connectivity index (χ0) is 19.3.